The molecule has 18 heavy (non-hydrogen) atoms. The fourth-order valence-corrected chi connectivity index (χ4v) is 1.55. The number of hydrogen-bond acceptors (Lipinski definition) is 5. The Balaban J connectivity index is 2.12. The van der Waals surface area contributed by atoms with Crippen molar-refractivity contribution in [2.24, 2.45) is 0 Å². The van der Waals surface area contributed by atoms with Crippen molar-refractivity contribution in [1.29, 1.82) is 0 Å². The number of ether oxygens (including phenoxy) is 1. The van der Waals surface area contributed by atoms with Gasteiger partial charge in [0.25, 0.3) is 0 Å². The zero-order chi connectivity index (χ0) is 13.0. The Hall–Kier alpha value is -2.08. The molecule has 0 spiro atoms. The summed E-state index contributed by atoms with van der Waals surface area (Å²) >= 11 is 0. The molecule has 0 aliphatic carbocycles. The summed E-state index contributed by atoms with van der Waals surface area (Å²) in [5, 5.41) is 11.1. The van der Waals surface area contributed by atoms with Crippen LogP contribution in [0.5, 0.6) is 5.75 Å². The van der Waals surface area contributed by atoms with Crippen molar-refractivity contribution in [2.75, 3.05) is 20.3 Å². The first-order valence-corrected chi connectivity index (χ1v) is 5.54. The van der Waals surface area contributed by atoms with Crippen molar-refractivity contribution in [3.8, 4) is 5.75 Å². The minimum atomic E-state index is -0.234. The van der Waals surface area contributed by atoms with Gasteiger partial charge < -0.3 is 19.6 Å². The topological polar surface area (TPSA) is 84.6 Å². The third-order valence-electron chi connectivity index (χ3n) is 2.38. The molecule has 0 aliphatic rings. The Morgan fingerprint density at radius 1 is 1.56 bits per heavy atom. The predicted octanol–water partition coefficient (Wildman–Crippen LogP) is 0.487. The highest BCUT2D eigenvalue weighted by Crippen LogP contribution is 2.21. The summed E-state index contributed by atoms with van der Waals surface area (Å²) in [6, 6.07) is 5.26. The van der Waals surface area contributed by atoms with Crippen LogP contribution in [0, 0.1) is 0 Å². The molecule has 0 aliphatic heterocycles. The van der Waals surface area contributed by atoms with E-state index in [9.17, 15) is 4.79 Å². The number of nitrogens with one attached hydrogen (secondary N) is 1. The lowest BCUT2D eigenvalue weighted by Gasteiger charge is -1.99. The van der Waals surface area contributed by atoms with Gasteiger partial charge in [-0.15, -0.1) is 0 Å². The minimum Gasteiger partial charge on any atom is -0.497 e. The Kier molecular flexibility index (Phi) is 3.78. The fraction of sp³-hybridized carbons (Fsp3) is 0.333. The second-order valence-corrected chi connectivity index (χ2v) is 3.69. The van der Waals surface area contributed by atoms with E-state index in [-0.39, 0.29) is 25.5 Å². The Bertz CT molecular complexity index is 550. The molecule has 96 valence electrons. The van der Waals surface area contributed by atoms with Crippen LogP contribution in [-0.2, 0) is 11.2 Å². The second-order valence-electron chi connectivity index (χ2n) is 3.69. The fourth-order valence-electron chi connectivity index (χ4n) is 1.55. The van der Waals surface area contributed by atoms with Gasteiger partial charge in [0, 0.05) is 12.6 Å². The first-order valence-electron chi connectivity index (χ1n) is 5.54. The van der Waals surface area contributed by atoms with Gasteiger partial charge in [-0.3, -0.25) is 4.79 Å². The van der Waals surface area contributed by atoms with E-state index in [0.717, 1.165) is 0 Å². The molecule has 1 heterocycles. The lowest BCUT2D eigenvalue weighted by atomic mass is 10.3. The van der Waals surface area contributed by atoms with E-state index in [4.69, 9.17) is 14.3 Å². The van der Waals surface area contributed by atoms with E-state index in [1.165, 1.54) is 0 Å². The number of benzene rings is 1. The molecule has 0 saturated carbocycles. The summed E-state index contributed by atoms with van der Waals surface area (Å²) in [7, 11) is 1.57. The standard InChI is InChI=1S/C12H14N2O4/c1-17-8-2-3-10-9(6-8)14-12(18-10)7-11(16)13-4-5-15/h2-3,6,15H,4-5,7H2,1H3,(H,13,16). The number of aliphatic hydroxyl groups is 1. The zero-order valence-corrected chi connectivity index (χ0v) is 9.97. The van der Waals surface area contributed by atoms with E-state index >= 15 is 0 Å². The van der Waals surface area contributed by atoms with E-state index in [1.807, 2.05) is 0 Å². The molecule has 0 atom stereocenters. The molecule has 2 N–H and O–H groups in total. The molecule has 6 heteroatoms. The quantitative estimate of drug-likeness (QED) is 0.806. The number of aliphatic hydroxyl groups excluding tert-OH is 1. The van der Waals surface area contributed by atoms with Crippen molar-refractivity contribution in [2.45, 2.75) is 6.42 Å². The van der Waals surface area contributed by atoms with Crippen LogP contribution in [0.25, 0.3) is 11.1 Å². The molecule has 1 amide bonds. The van der Waals surface area contributed by atoms with Gasteiger partial charge in [-0.1, -0.05) is 0 Å². The molecule has 0 saturated heterocycles. The molecule has 1 aromatic carbocycles. The highest BCUT2D eigenvalue weighted by molar-refractivity contribution is 5.79. The molecule has 1 aromatic heterocycles. The summed E-state index contributed by atoms with van der Waals surface area (Å²) in [5.74, 6) is 0.795. The number of nitrogens with zero attached hydrogens (tertiary/aromatic N) is 1. The highest BCUT2D eigenvalue weighted by Gasteiger charge is 2.10. The van der Waals surface area contributed by atoms with E-state index in [1.54, 1.807) is 25.3 Å². The molecular weight excluding hydrogens is 236 g/mol. The molecule has 2 rings (SSSR count). The van der Waals surface area contributed by atoms with Gasteiger partial charge >= 0.3 is 0 Å². The van der Waals surface area contributed by atoms with Crippen LogP contribution in [0.1, 0.15) is 5.89 Å². The number of rotatable bonds is 5. The Morgan fingerprint density at radius 2 is 2.39 bits per heavy atom. The largest absolute Gasteiger partial charge is 0.497 e. The maximum Gasteiger partial charge on any atom is 0.229 e. The number of methoxy groups -OCH3 is 1. The van der Waals surface area contributed by atoms with E-state index < -0.39 is 0 Å². The number of aromatic nitrogens is 1. The summed E-state index contributed by atoms with van der Waals surface area (Å²) < 4.78 is 10.5. The monoisotopic (exact) mass is 250 g/mol. The van der Waals surface area contributed by atoms with Gasteiger partial charge in [-0.2, -0.15) is 0 Å². The number of carbonyl (C=O) groups excluding carboxylic acids is 1. The third kappa shape index (κ3) is 2.78. The number of carbonyl (C=O) groups is 1. The maximum absolute atomic E-state index is 11.4. The van der Waals surface area contributed by atoms with Crippen LogP contribution in [0.3, 0.4) is 0 Å². The number of fused-ring (bicyclic) bond motifs is 1. The van der Waals surface area contributed by atoms with Gasteiger partial charge in [0.15, 0.2) is 5.58 Å². The summed E-state index contributed by atoms with van der Waals surface area (Å²) in [6.45, 7) is 0.142. The summed E-state index contributed by atoms with van der Waals surface area (Å²) in [5.41, 5.74) is 1.26. The molecular formula is C12H14N2O4. The highest BCUT2D eigenvalue weighted by atomic mass is 16.5. The molecule has 0 unspecified atom stereocenters. The van der Waals surface area contributed by atoms with Crippen LogP contribution in [0.2, 0.25) is 0 Å². The van der Waals surface area contributed by atoms with Gasteiger partial charge in [-0.05, 0) is 12.1 Å². The zero-order valence-electron chi connectivity index (χ0n) is 9.97. The van der Waals surface area contributed by atoms with Crippen LogP contribution in [0.15, 0.2) is 22.6 Å². The van der Waals surface area contributed by atoms with Crippen LogP contribution < -0.4 is 10.1 Å². The number of oxazole rings is 1. The molecule has 0 bridgehead atoms. The normalized spacial score (nSPS) is 10.6. The van der Waals surface area contributed by atoms with Gasteiger partial charge in [0.05, 0.1) is 13.7 Å². The lowest BCUT2D eigenvalue weighted by Crippen LogP contribution is -2.27. The van der Waals surface area contributed by atoms with Gasteiger partial charge in [0.1, 0.15) is 17.7 Å². The third-order valence-corrected chi connectivity index (χ3v) is 2.38. The molecule has 6 nitrogen and oxygen atoms in total. The number of amides is 1. The van der Waals surface area contributed by atoms with Crippen LogP contribution in [0.4, 0.5) is 0 Å². The first kappa shape index (κ1) is 12.4. The van der Waals surface area contributed by atoms with Crippen molar-refractivity contribution in [1.82, 2.24) is 10.3 Å². The molecule has 2 aromatic rings. The van der Waals surface area contributed by atoms with Crippen molar-refractivity contribution in [3.63, 3.8) is 0 Å². The van der Waals surface area contributed by atoms with Crippen LogP contribution in [-0.4, -0.2) is 36.3 Å². The van der Waals surface area contributed by atoms with E-state index in [0.29, 0.717) is 22.7 Å². The second kappa shape index (κ2) is 5.50. The SMILES string of the molecule is COc1ccc2oc(CC(=O)NCCO)nc2c1. The molecule has 0 radical (unpaired) electrons. The lowest BCUT2D eigenvalue weighted by molar-refractivity contribution is -0.120. The molecule has 0 fully saturated rings. The Labute approximate surface area is 104 Å². The van der Waals surface area contributed by atoms with E-state index in [2.05, 4.69) is 10.3 Å². The van der Waals surface area contributed by atoms with Crippen molar-refractivity contribution in [3.05, 3.63) is 24.1 Å². The van der Waals surface area contributed by atoms with Gasteiger partial charge in [-0.25, -0.2) is 4.98 Å². The minimum absolute atomic E-state index is 0.0526. The average molecular weight is 250 g/mol. The first-order chi connectivity index (χ1) is 8.72. The van der Waals surface area contributed by atoms with Gasteiger partial charge in [0.2, 0.25) is 11.8 Å². The summed E-state index contributed by atoms with van der Waals surface area (Å²) in [6.07, 6.45) is 0.0526. The van der Waals surface area contributed by atoms with Crippen LogP contribution >= 0.6 is 0 Å². The smallest absolute Gasteiger partial charge is 0.229 e. The van der Waals surface area contributed by atoms with Crippen molar-refractivity contribution >= 4 is 17.0 Å². The van der Waals surface area contributed by atoms with Crippen molar-refractivity contribution < 1.29 is 19.1 Å². The predicted molar refractivity (Wildman–Crippen MR) is 64.4 cm³/mol. The average Bonchev–Trinajstić information content (AvgIpc) is 2.77. The number of hydrogen-bond donors (Lipinski definition) is 2. The Morgan fingerprint density at radius 3 is 3.11 bits per heavy atom. The summed E-state index contributed by atoms with van der Waals surface area (Å²) in [4.78, 5) is 15.6. The maximum atomic E-state index is 11.4.